The Balaban J connectivity index is 1.35. The maximum Gasteiger partial charge on any atom is 0.321 e. The summed E-state index contributed by atoms with van der Waals surface area (Å²) in [5.74, 6) is -9.68. The number of carbonyl (C=O) groups excluding carboxylic acids is 1. The summed E-state index contributed by atoms with van der Waals surface area (Å²) in [5, 5.41) is 4.92. The van der Waals surface area contributed by atoms with Crippen molar-refractivity contribution in [2.45, 2.75) is 19.3 Å². The molecule has 0 aliphatic carbocycles. The molecule has 2 heterocycles. The molecule has 2 aromatic carbocycles. The van der Waals surface area contributed by atoms with E-state index in [1.165, 1.54) is 7.11 Å². The molecule has 0 aromatic heterocycles. The number of piperidine rings is 1. The zero-order valence-corrected chi connectivity index (χ0v) is 19.6. The summed E-state index contributed by atoms with van der Waals surface area (Å²) in [5.41, 5.74) is -0.782. The van der Waals surface area contributed by atoms with E-state index in [-0.39, 0.29) is 16.6 Å². The highest BCUT2D eigenvalue weighted by Crippen LogP contribution is 2.41. The van der Waals surface area contributed by atoms with Crippen LogP contribution in [0.15, 0.2) is 24.3 Å². The number of thiocarbonyl (C=S) groups is 1. The number of urea groups is 1. The molecule has 2 saturated heterocycles. The molecule has 2 aliphatic rings. The van der Waals surface area contributed by atoms with E-state index in [0.717, 1.165) is 0 Å². The third-order valence-electron chi connectivity index (χ3n) is 6.63. The molecule has 2 fully saturated rings. The van der Waals surface area contributed by atoms with Crippen molar-refractivity contribution < 1.29 is 31.5 Å². The lowest BCUT2D eigenvalue weighted by atomic mass is 9.78. The molecule has 4 rings (SSSR count). The molecule has 35 heavy (non-hydrogen) atoms. The Bertz CT molecular complexity index is 1130. The average molecular weight is 515 g/mol. The third kappa shape index (κ3) is 4.84. The number of anilines is 2. The minimum atomic E-state index is -2.22. The van der Waals surface area contributed by atoms with Gasteiger partial charge >= 0.3 is 6.03 Å². The second-order valence-electron chi connectivity index (χ2n) is 8.66. The molecule has 2 amide bonds. The van der Waals surface area contributed by atoms with Crippen molar-refractivity contribution in [1.29, 1.82) is 0 Å². The van der Waals surface area contributed by atoms with E-state index in [1.807, 2.05) is 0 Å². The van der Waals surface area contributed by atoms with E-state index >= 15 is 0 Å². The molecule has 12 heteroatoms. The van der Waals surface area contributed by atoms with Gasteiger partial charge in [0.05, 0.1) is 12.8 Å². The standard InChI is InChI=1S/C23H23F5N4O2S/c1-34-14-5-3-2-4-13(14)29-21(33)31-9-6-23(7-10-31)8-11-32(12-23)22(35)30-20-18(27)16(25)15(24)17(26)19(20)28/h2-5H,6-12H2,1H3,(H,29,33)(H,30,35). The van der Waals surface area contributed by atoms with Gasteiger partial charge in [0.25, 0.3) is 0 Å². The number of likely N-dealkylation sites (tertiary alicyclic amines) is 2. The number of hydrogen-bond donors (Lipinski definition) is 2. The molecule has 2 aliphatic heterocycles. The summed E-state index contributed by atoms with van der Waals surface area (Å²) in [6.45, 7) is 1.88. The number of benzene rings is 2. The smallest absolute Gasteiger partial charge is 0.321 e. The van der Waals surface area contributed by atoms with Crippen molar-refractivity contribution in [2.24, 2.45) is 5.41 Å². The first kappa shape index (κ1) is 25.0. The number of rotatable bonds is 3. The summed E-state index contributed by atoms with van der Waals surface area (Å²) >= 11 is 5.20. The van der Waals surface area contributed by atoms with Gasteiger partial charge in [0, 0.05) is 26.2 Å². The lowest BCUT2D eigenvalue weighted by Gasteiger charge is -2.39. The molecule has 2 N–H and O–H groups in total. The monoisotopic (exact) mass is 514 g/mol. The molecular weight excluding hydrogens is 491 g/mol. The van der Waals surface area contributed by atoms with Crippen molar-refractivity contribution in [1.82, 2.24) is 9.80 Å². The number of amides is 2. The van der Waals surface area contributed by atoms with Crippen molar-refractivity contribution >= 4 is 34.7 Å². The van der Waals surface area contributed by atoms with E-state index < -0.39 is 34.8 Å². The van der Waals surface area contributed by atoms with E-state index in [9.17, 15) is 26.7 Å². The number of halogens is 5. The number of ether oxygens (including phenoxy) is 1. The van der Waals surface area contributed by atoms with Gasteiger partial charge in [0.15, 0.2) is 28.4 Å². The largest absolute Gasteiger partial charge is 0.495 e. The summed E-state index contributed by atoms with van der Waals surface area (Å²) in [4.78, 5) is 16.1. The Labute approximate surface area is 204 Å². The Morgan fingerprint density at radius 2 is 1.43 bits per heavy atom. The summed E-state index contributed by atoms with van der Waals surface area (Å²) in [6, 6.07) is 6.84. The minimum Gasteiger partial charge on any atom is -0.495 e. The fourth-order valence-corrected chi connectivity index (χ4v) is 4.80. The molecule has 0 saturated carbocycles. The summed E-state index contributed by atoms with van der Waals surface area (Å²) in [7, 11) is 1.52. The van der Waals surface area contributed by atoms with Gasteiger partial charge in [-0.05, 0) is 49.0 Å². The Kier molecular flexibility index (Phi) is 7.02. The third-order valence-corrected chi connectivity index (χ3v) is 6.99. The fourth-order valence-electron chi connectivity index (χ4n) is 4.54. The Hall–Kier alpha value is -3.15. The van der Waals surface area contributed by atoms with Gasteiger partial charge in [-0.25, -0.2) is 26.7 Å². The van der Waals surface area contributed by atoms with Crippen LogP contribution in [-0.4, -0.2) is 54.2 Å². The fraction of sp³-hybridized carbons (Fsp3) is 0.391. The number of nitrogens with one attached hydrogen (secondary N) is 2. The number of hydrogen-bond acceptors (Lipinski definition) is 3. The predicted octanol–water partition coefficient (Wildman–Crippen LogP) is 5.11. The molecule has 0 bridgehead atoms. The van der Waals surface area contributed by atoms with E-state index in [2.05, 4.69) is 10.6 Å². The van der Waals surface area contributed by atoms with Gasteiger partial charge in [0.2, 0.25) is 5.82 Å². The number of carbonyl (C=O) groups is 1. The lowest BCUT2D eigenvalue weighted by molar-refractivity contribution is 0.132. The van der Waals surface area contributed by atoms with Gasteiger partial charge in [-0.15, -0.1) is 0 Å². The Morgan fingerprint density at radius 3 is 2.03 bits per heavy atom. The highest BCUT2D eigenvalue weighted by atomic mass is 32.1. The van der Waals surface area contributed by atoms with Crippen molar-refractivity contribution in [2.75, 3.05) is 43.9 Å². The van der Waals surface area contributed by atoms with Crippen LogP contribution in [0.3, 0.4) is 0 Å². The molecular formula is C23H23F5N4O2S. The van der Waals surface area contributed by atoms with Gasteiger partial charge in [-0.2, -0.15) is 0 Å². The summed E-state index contributed by atoms with van der Waals surface area (Å²) in [6.07, 6.45) is 2.07. The molecule has 2 aromatic rings. The SMILES string of the molecule is COc1ccccc1NC(=O)N1CCC2(CC1)CCN(C(=S)Nc1c(F)c(F)c(F)c(F)c1F)C2. The number of nitrogens with zero attached hydrogens (tertiary/aromatic N) is 2. The minimum absolute atomic E-state index is 0.124. The zero-order chi connectivity index (χ0) is 25.3. The van der Waals surface area contributed by atoms with Crippen LogP contribution in [0.5, 0.6) is 5.75 Å². The van der Waals surface area contributed by atoms with E-state index in [1.54, 1.807) is 34.1 Å². The molecule has 0 atom stereocenters. The Morgan fingerprint density at radius 1 is 0.886 bits per heavy atom. The second kappa shape index (κ2) is 9.84. The first-order valence-electron chi connectivity index (χ1n) is 10.9. The number of para-hydroxylation sites is 2. The van der Waals surface area contributed by atoms with Gasteiger partial charge in [-0.3, -0.25) is 0 Å². The molecule has 6 nitrogen and oxygen atoms in total. The molecule has 0 unspecified atom stereocenters. The highest BCUT2D eigenvalue weighted by Gasteiger charge is 2.42. The van der Waals surface area contributed by atoms with Crippen LogP contribution in [0.4, 0.5) is 38.1 Å². The maximum atomic E-state index is 14.0. The van der Waals surface area contributed by atoms with Gasteiger partial charge in [0.1, 0.15) is 11.4 Å². The van der Waals surface area contributed by atoms with Crippen LogP contribution in [0.1, 0.15) is 19.3 Å². The molecule has 1 spiro atoms. The zero-order valence-electron chi connectivity index (χ0n) is 18.8. The first-order valence-corrected chi connectivity index (χ1v) is 11.3. The lowest BCUT2D eigenvalue weighted by Crippen LogP contribution is -2.46. The van der Waals surface area contributed by atoms with Crippen LogP contribution >= 0.6 is 12.2 Å². The molecule has 188 valence electrons. The van der Waals surface area contributed by atoms with Crippen molar-refractivity contribution in [3.8, 4) is 5.75 Å². The van der Waals surface area contributed by atoms with Gasteiger partial charge in [-0.1, -0.05) is 12.1 Å². The molecule has 0 radical (unpaired) electrons. The van der Waals surface area contributed by atoms with E-state index in [4.69, 9.17) is 17.0 Å². The topological polar surface area (TPSA) is 56.8 Å². The van der Waals surface area contributed by atoms with Crippen LogP contribution in [0, 0.1) is 34.5 Å². The van der Waals surface area contributed by atoms with Gasteiger partial charge < -0.3 is 25.2 Å². The van der Waals surface area contributed by atoms with Crippen LogP contribution in [-0.2, 0) is 0 Å². The second-order valence-corrected chi connectivity index (χ2v) is 9.05. The van der Waals surface area contributed by atoms with Crippen molar-refractivity contribution in [3.05, 3.63) is 53.4 Å². The normalized spacial score (nSPS) is 17.0. The maximum absolute atomic E-state index is 14.0. The summed E-state index contributed by atoms with van der Waals surface area (Å²) < 4.78 is 73.5. The number of methoxy groups -OCH3 is 1. The van der Waals surface area contributed by atoms with Crippen LogP contribution < -0.4 is 15.4 Å². The predicted molar refractivity (Wildman–Crippen MR) is 124 cm³/mol. The van der Waals surface area contributed by atoms with E-state index in [0.29, 0.717) is 56.9 Å². The van der Waals surface area contributed by atoms with Crippen LogP contribution in [0.2, 0.25) is 0 Å². The highest BCUT2D eigenvalue weighted by molar-refractivity contribution is 7.80. The van der Waals surface area contributed by atoms with Crippen molar-refractivity contribution in [3.63, 3.8) is 0 Å². The quantitative estimate of drug-likeness (QED) is 0.258. The average Bonchev–Trinajstić information content (AvgIpc) is 3.28. The van der Waals surface area contributed by atoms with Crippen LogP contribution in [0.25, 0.3) is 0 Å². The first-order chi connectivity index (χ1) is 16.7.